The first-order valence-corrected chi connectivity index (χ1v) is 11.3. The third-order valence-electron chi connectivity index (χ3n) is 6.75. The average Bonchev–Trinajstić information content (AvgIpc) is 2.89. The van der Waals surface area contributed by atoms with Gasteiger partial charge in [-0.25, -0.2) is 0 Å². The lowest BCUT2D eigenvalue weighted by Crippen LogP contribution is -2.65. The van der Waals surface area contributed by atoms with Crippen molar-refractivity contribution in [3.63, 3.8) is 0 Å². The van der Waals surface area contributed by atoms with E-state index in [0.29, 0.717) is 18.8 Å². The molecule has 0 bridgehead atoms. The molecule has 4 rings (SSSR count). The van der Waals surface area contributed by atoms with Crippen LogP contribution in [-0.4, -0.2) is 39.4 Å². The van der Waals surface area contributed by atoms with Crippen molar-refractivity contribution in [1.29, 1.82) is 0 Å². The van der Waals surface area contributed by atoms with Crippen LogP contribution in [0, 0.1) is 0 Å². The number of unbranched alkanes of at least 4 members (excludes halogenated alkanes) is 1. The number of hydrogen-bond donors (Lipinski definition) is 1. The van der Waals surface area contributed by atoms with Gasteiger partial charge in [-0.15, -0.1) is 0 Å². The van der Waals surface area contributed by atoms with Gasteiger partial charge >= 0.3 is 0 Å². The number of amides is 2. The minimum Gasteiger partial charge on any atom is -0.351 e. The highest BCUT2D eigenvalue weighted by molar-refractivity contribution is 6.03. The van der Waals surface area contributed by atoms with Crippen LogP contribution in [0.2, 0.25) is 0 Å². The zero-order valence-electron chi connectivity index (χ0n) is 17.7. The van der Waals surface area contributed by atoms with Crippen molar-refractivity contribution in [2.75, 3.05) is 6.54 Å². The van der Waals surface area contributed by atoms with Crippen LogP contribution < -0.4 is 5.32 Å². The Bertz CT molecular complexity index is 895. The van der Waals surface area contributed by atoms with Crippen molar-refractivity contribution in [1.82, 2.24) is 14.8 Å². The lowest BCUT2D eigenvalue weighted by atomic mass is 9.93. The Labute approximate surface area is 173 Å². The predicted molar refractivity (Wildman–Crippen MR) is 116 cm³/mol. The summed E-state index contributed by atoms with van der Waals surface area (Å²) < 4.78 is 2.05. The number of fused-ring (bicyclic) bond motifs is 3. The maximum atomic E-state index is 13.6. The first-order chi connectivity index (χ1) is 14.0. The van der Waals surface area contributed by atoms with E-state index < -0.39 is 5.54 Å². The van der Waals surface area contributed by atoms with E-state index in [2.05, 4.69) is 12.2 Å². The summed E-state index contributed by atoms with van der Waals surface area (Å²) in [5, 5.41) is 4.38. The Kier molecular flexibility index (Phi) is 5.66. The van der Waals surface area contributed by atoms with Gasteiger partial charge in [0.05, 0.1) is 6.54 Å². The molecule has 1 aromatic carbocycles. The van der Waals surface area contributed by atoms with E-state index in [1.807, 2.05) is 46.7 Å². The molecule has 0 spiro atoms. The number of nitrogens with zero attached hydrogens (tertiary/aromatic N) is 2. The quantitative estimate of drug-likeness (QED) is 0.758. The second kappa shape index (κ2) is 8.21. The molecule has 1 aromatic heterocycles. The van der Waals surface area contributed by atoms with E-state index in [9.17, 15) is 9.59 Å². The molecule has 0 radical (unpaired) electrons. The van der Waals surface area contributed by atoms with Crippen molar-refractivity contribution >= 4 is 22.7 Å². The Morgan fingerprint density at radius 3 is 2.62 bits per heavy atom. The highest BCUT2D eigenvalue weighted by Gasteiger charge is 2.47. The van der Waals surface area contributed by atoms with Crippen LogP contribution in [0.15, 0.2) is 30.3 Å². The molecule has 2 aromatic rings. The largest absolute Gasteiger partial charge is 0.351 e. The van der Waals surface area contributed by atoms with E-state index in [1.54, 1.807) is 0 Å². The van der Waals surface area contributed by atoms with Crippen LogP contribution in [0.25, 0.3) is 10.9 Å². The number of carbonyl (C=O) groups is 2. The van der Waals surface area contributed by atoms with Crippen molar-refractivity contribution in [3.05, 3.63) is 36.0 Å². The first-order valence-electron chi connectivity index (χ1n) is 11.3. The highest BCUT2D eigenvalue weighted by Crippen LogP contribution is 2.33. The summed E-state index contributed by atoms with van der Waals surface area (Å²) in [6.45, 7) is 5.19. The zero-order chi connectivity index (χ0) is 20.4. The average molecular weight is 396 g/mol. The van der Waals surface area contributed by atoms with E-state index >= 15 is 0 Å². The Morgan fingerprint density at radius 2 is 1.90 bits per heavy atom. The molecule has 2 aliphatic rings. The molecule has 5 nitrogen and oxygen atoms in total. The molecule has 156 valence electrons. The van der Waals surface area contributed by atoms with Crippen LogP contribution in [0.5, 0.6) is 0 Å². The number of para-hydroxylation sites is 1. The fourth-order valence-corrected chi connectivity index (χ4v) is 4.94. The van der Waals surface area contributed by atoms with E-state index in [0.717, 1.165) is 36.6 Å². The monoisotopic (exact) mass is 395 g/mol. The normalized spacial score (nSPS) is 23.1. The van der Waals surface area contributed by atoms with Crippen LogP contribution in [-0.2, 0) is 11.3 Å². The van der Waals surface area contributed by atoms with Crippen LogP contribution in [0.4, 0.5) is 0 Å². The minimum absolute atomic E-state index is 0.00251. The van der Waals surface area contributed by atoms with Gasteiger partial charge in [-0.3, -0.25) is 9.59 Å². The number of aromatic nitrogens is 1. The van der Waals surface area contributed by atoms with E-state index in [4.69, 9.17) is 0 Å². The van der Waals surface area contributed by atoms with Gasteiger partial charge in [0.15, 0.2) is 0 Å². The maximum absolute atomic E-state index is 13.6. The zero-order valence-corrected chi connectivity index (χ0v) is 17.7. The predicted octanol–water partition coefficient (Wildman–Crippen LogP) is 4.49. The second-order valence-corrected chi connectivity index (χ2v) is 8.92. The summed E-state index contributed by atoms with van der Waals surface area (Å²) >= 11 is 0. The fourth-order valence-electron chi connectivity index (χ4n) is 4.94. The smallest absolute Gasteiger partial charge is 0.271 e. The van der Waals surface area contributed by atoms with E-state index in [1.165, 1.54) is 25.7 Å². The summed E-state index contributed by atoms with van der Waals surface area (Å²) in [6.07, 6.45) is 8.84. The molecule has 1 N–H and O–H groups in total. The number of hydrogen-bond acceptors (Lipinski definition) is 2. The lowest BCUT2D eigenvalue weighted by Gasteiger charge is -2.44. The van der Waals surface area contributed by atoms with Gasteiger partial charge in [0, 0.05) is 23.5 Å². The molecule has 0 unspecified atom stereocenters. The SMILES string of the molecule is CCCCN1C(=O)c2cc3ccccc3n2C[C@@]1(C)C(=O)NC1CCCCCC1. The first kappa shape index (κ1) is 20.0. The van der Waals surface area contributed by atoms with Crippen molar-refractivity contribution in [2.24, 2.45) is 0 Å². The lowest BCUT2D eigenvalue weighted by molar-refractivity contribution is -0.133. The number of nitrogens with one attached hydrogen (secondary N) is 1. The van der Waals surface area contributed by atoms with Gasteiger partial charge in [0.1, 0.15) is 11.2 Å². The van der Waals surface area contributed by atoms with Crippen molar-refractivity contribution in [3.8, 4) is 0 Å². The van der Waals surface area contributed by atoms with Gasteiger partial charge in [0.25, 0.3) is 5.91 Å². The summed E-state index contributed by atoms with van der Waals surface area (Å²) in [7, 11) is 0. The van der Waals surface area contributed by atoms with Gasteiger partial charge in [-0.1, -0.05) is 57.2 Å². The Hall–Kier alpha value is -2.30. The molecule has 1 aliphatic carbocycles. The summed E-state index contributed by atoms with van der Waals surface area (Å²) in [4.78, 5) is 28.9. The van der Waals surface area contributed by atoms with Crippen LogP contribution in [0.3, 0.4) is 0 Å². The molecule has 2 amide bonds. The number of benzene rings is 1. The van der Waals surface area contributed by atoms with Crippen molar-refractivity contribution in [2.45, 2.75) is 83.3 Å². The van der Waals surface area contributed by atoms with Gasteiger partial charge < -0.3 is 14.8 Å². The topological polar surface area (TPSA) is 54.3 Å². The fraction of sp³-hybridized carbons (Fsp3) is 0.583. The molecule has 5 heteroatoms. The Morgan fingerprint density at radius 1 is 1.17 bits per heavy atom. The van der Waals surface area contributed by atoms with Gasteiger partial charge in [-0.2, -0.15) is 0 Å². The minimum atomic E-state index is -0.868. The molecule has 1 atom stereocenters. The Balaban J connectivity index is 1.68. The van der Waals surface area contributed by atoms with E-state index in [-0.39, 0.29) is 17.9 Å². The molecular weight excluding hydrogens is 362 g/mol. The van der Waals surface area contributed by atoms with Gasteiger partial charge in [-0.05, 0) is 38.3 Å². The molecule has 1 saturated carbocycles. The van der Waals surface area contributed by atoms with Crippen LogP contribution >= 0.6 is 0 Å². The van der Waals surface area contributed by atoms with Crippen LogP contribution in [0.1, 0.15) is 75.7 Å². The summed E-state index contributed by atoms with van der Waals surface area (Å²) in [6, 6.07) is 10.3. The standard InChI is InChI=1S/C24H33N3O2/c1-3-4-15-27-22(28)21-16-18-11-9-10-14-20(18)26(21)17-24(27,2)23(29)25-19-12-7-5-6-8-13-19/h9-11,14,16,19H,3-8,12-13,15,17H2,1-2H3,(H,25,29)/t24-/m0/s1. The maximum Gasteiger partial charge on any atom is 0.271 e. The molecule has 29 heavy (non-hydrogen) atoms. The molecule has 0 saturated heterocycles. The third-order valence-corrected chi connectivity index (χ3v) is 6.75. The molecule has 1 aliphatic heterocycles. The summed E-state index contributed by atoms with van der Waals surface area (Å²) in [5.74, 6) is -0.0308. The molecular formula is C24H33N3O2. The third kappa shape index (κ3) is 3.67. The summed E-state index contributed by atoms with van der Waals surface area (Å²) in [5.41, 5.74) is 0.856. The number of carbonyl (C=O) groups excluding carboxylic acids is 2. The molecule has 2 heterocycles. The molecule has 1 fully saturated rings. The number of rotatable bonds is 5. The van der Waals surface area contributed by atoms with Gasteiger partial charge in [0.2, 0.25) is 5.91 Å². The second-order valence-electron chi connectivity index (χ2n) is 8.92. The highest BCUT2D eigenvalue weighted by atomic mass is 16.2. The van der Waals surface area contributed by atoms with Crippen molar-refractivity contribution < 1.29 is 9.59 Å².